The van der Waals surface area contributed by atoms with E-state index < -0.39 is 11.9 Å². The van der Waals surface area contributed by atoms with Gasteiger partial charge in [-0.05, 0) is 42.3 Å². The highest BCUT2D eigenvalue weighted by Gasteiger charge is 2.22. The summed E-state index contributed by atoms with van der Waals surface area (Å²) in [5.74, 6) is -0.977. The number of carbonyl (C=O) groups is 1. The van der Waals surface area contributed by atoms with Crippen molar-refractivity contribution in [2.45, 2.75) is 12.8 Å². The van der Waals surface area contributed by atoms with Gasteiger partial charge < -0.3 is 9.84 Å². The van der Waals surface area contributed by atoms with Crippen LogP contribution in [0, 0.1) is 6.92 Å². The van der Waals surface area contributed by atoms with E-state index in [2.05, 4.69) is 0 Å². The summed E-state index contributed by atoms with van der Waals surface area (Å²) in [6.07, 6.45) is 0. The average molecular weight is 291 g/mol. The van der Waals surface area contributed by atoms with Gasteiger partial charge in [-0.1, -0.05) is 35.9 Å². The molecular formula is C16H15ClO3. The summed E-state index contributed by atoms with van der Waals surface area (Å²) in [6, 6.07) is 14.3. The maximum absolute atomic E-state index is 11.4. The van der Waals surface area contributed by atoms with E-state index in [1.807, 2.05) is 31.2 Å². The molecule has 0 radical (unpaired) electrons. The van der Waals surface area contributed by atoms with Gasteiger partial charge in [-0.25, -0.2) is 0 Å². The average Bonchev–Trinajstić information content (AvgIpc) is 2.42. The minimum atomic E-state index is -0.895. The molecule has 0 saturated heterocycles. The molecule has 0 fully saturated rings. The fraction of sp³-hybridized carbons (Fsp3) is 0.188. The fourth-order valence-corrected chi connectivity index (χ4v) is 2.11. The first kappa shape index (κ1) is 14.4. The minimum Gasteiger partial charge on any atom is -0.492 e. The van der Waals surface area contributed by atoms with E-state index in [0.29, 0.717) is 10.8 Å². The molecule has 0 aliphatic heterocycles. The Bertz CT molecular complexity index is 593. The van der Waals surface area contributed by atoms with Gasteiger partial charge in [0.25, 0.3) is 0 Å². The Kier molecular flexibility index (Phi) is 4.64. The zero-order valence-electron chi connectivity index (χ0n) is 11.0. The van der Waals surface area contributed by atoms with Gasteiger partial charge in [-0.3, -0.25) is 4.79 Å². The molecule has 1 unspecified atom stereocenters. The molecule has 3 nitrogen and oxygen atoms in total. The third-order valence-corrected chi connectivity index (χ3v) is 3.34. The van der Waals surface area contributed by atoms with Crippen molar-refractivity contribution in [2.75, 3.05) is 6.61 Å². The molecule has 0 aliphatic rings. The summed E-state index contributed by atoms with van der Waals surface area (Å²) in [5.41, 5.74) is 1.72. The van der Waals surface area contributed by atoms with Crippen LogP contribution in [-0.4, -0.2) is 17.7 Å². The molecule has 0 saturated carbocycles. The van der Waals surface area contributed by atoms with Crippen molar-refractivity contribution in [1.29, 1.82) is 0 Å². The summed E-state index contributed by atoms with van der Waals surface area (Å²) in [7, 11) is 0. The van der Waals surface area contributed by atoms with E-state index >= 15 is 0 Å². The van der Waals surface area contributed by atoms with Crippen LogP contribution in [-0.2, 0) is 4.79 Å². The number of rotatable bonds is 5. The molecule has 2 rings (SSSR count). The van der Waals surface area contributed by atoms with Crippen LogP contribution in [0.3, 0.4) is 0 Å². The van der Waals surface area contributed by atoms with Crippen LogP contribution >= 0.6 is 11.6 Å². The van der Waals surface area contributed by atoms with Crippen LogP contribution < -0.4 is 4.74 Å². The van der Waals surface area contributed by atoms with E-state index in [0.717, 1.165) is 11.1 Å². The number of benzene rings is 2. The molecule has 0 amide bonds. The van der Waals surface area contributed by atoms with E-state index in [1.54, 1.807) is 24.3 Å². The molecule has 0 aliphatic carbocycles. The zero-order valence-corrected chi connectivity index (χ0v) is 11.8. The van der Waals surface area contributed by atoms with Gasteiger partial charge in [0.1, 0.15) is 18.3 Å². The lowest BCUT2D eigenvalue weighted by atomic mass is 9.96. The van der Waals surface area contributed by atoms with E-state index in [9.17, 15) is 9.90 Å². The predicted octanol–water partition coefficient (Wildman–Crippen LogP) is 3.90. The minimum absolute atomic E-state index is 0.0851. The smallest absolute Gasteiger partial charge is 0.314 e. The molecule has 104 valence electrons. The van der Waals surface area contributed by atoms with Gasteiger partial charge in [0.05, 0.1) is 0 Å². The Morgan fingerprint density at radius 2 is 1.85 bits per heavy atom. The number of carboxylic acids is 1. The summed E-state index contributed by atoms with van der Waals surface area (Å²) in [6.45, 7) is 1.98. The highest BCUT2D eigenvalue weighted by molar-refractivity contribution is 6.30. The molecule has 0 bridgehead atoms. The number of halogens is 1. The van der Waals surface area contributed by atoms with E-state index in [1.165, 1.54) is 0 Å². The third-order valence-electron chi connectivity index (χ3n) is 3.09. The van der Waals surface area contributed by atoms with Gasteiger partial charge in [-0.2, -0.15) is 0 Å². The highest BCUT2D eigenvalue weighted by Crippen LogP contribution is 2.22. The Labute approximate surface area is 122 Å². The maximum atomic E-state index is 11.4. The standard InChI is InChI=1S/C16H15ClO3/c1-11-4-2-3-5-14(11)15(16(18)19)10-20-13-8-6-12(17)7-9-13/h2-9,15H,10H2,1H3,(H,18,19). The lowest BCUT2D eigenvalue weighted by Crippen LogP contribution is -2.20. The summed E-state index contributed by atoms with van der Waals surface area (Å²) >= 11 is 5.79. The molecule has 20 heavy (non-hydrogen) atoms. The normalized spacial score (nSPS) is 11.9. The largest absolute Gasteiger partial charge is 0.492 e. The number of hydrogen-bond acceptors (Lipinski definition) is 2. The predicted molar refractivity (Wildman–Crippen MR) is 78.5 cm³/mol. The van der Waals surface area contributed by atoms with Crippen molar-refractivity contribution < 1.29 is 14.6 Å². The van der Waals surface area contributed by atoms with Gasteiger partial charge in [0.15, 0.2) is 0 Å². The molecule has 0 spiro atoms. The summed E-state index contributed by atoms with van der Waals surface area (Å²) in [4.78, 5) is 11.4. The second kappa shape index (κ2) is 6.44. The van der Waals surface area contributed by atoms with E-state index in [4.69, 9.17) is 16.3 Å². The fourth-order valence-electron chi connectivity index (χ4n) is 1.98. The number of aliphatic carboxylic acids is 1. The van der Waals surface area contributed by atoms with Crippen molar-refractivity contribution in [3.63, 3.8) is 0 Å². The molecule has 2 aromatic rings. The van der Waals surface area contributed by atoms with Gasteiger partial charge in [0.2, 0.25) is 0 Å². The Balaban J connectivity index is 2.13. The van der Waals surface area contributed by atoms with Crippen LogP contribution in [0.25, 0.3) is 0 Å². The second-order valence-electron chi connectivity index (χ2n) is 4.51. The van der Waals surface area contributed by atoms with Crippen molar-refractivity contribution in [3.05, 3.63) is 64.7 Å². The highest BCUT2D eigenvalue weighted by atomic mass is 35.5. The Morgan fingerprint density at radius 1 is 1.20 bits per heavy atom. The molecule has 0 heterocycles. The van der Waals surface area contributed by atoms with Gasteiger partial charge in [-0.15, -0.1) is 0 Å². The summed E-state index contributed by atoms with van der Waals surface area (Å²) in [5, 5.41) is 9.99. The van der Waals surface area contributed by atoms with Gasteiger partial charge in [0, 0.05) is 5.02 Å². The molecule has 4 heteroatoms. The number of ether oxygens (including phenoxy) is 1. The SMILES string of the molecule is Cc1ccccc1C(COc1ccc(Cl)cc1)C(=O)O. The van der Waals surface area contributed by atoms with Crippen molar-refractivity contribution in [1.82, 2.24) is 0 Å². The van der Waals surface area contributed by atoms with Crippen LogP contribution in [0.1, 0.15) is 17.0 Å². The quantitative estimate of drug-likeness (QED) is 0.908. The molecule has 1 N–H and O–H groups in total. The first-order valence-corrected chi connectivity index (χ1v) is 6.62. The first-order valence-electron chi connectivity index (χ1n) is 6.24. The summed E-state index contributed by atoms with van der Waals surface area (Å²) < 4.78 is 5.55. The van der Waals surface area contributed by atoms with Crippen molar-refractivity contribution in [2.24, 2.45) is 0 Å². The second-order valence-corrected chi connectivity index (χ2v) is 4.95. The van der Waals surface area contributed by atoms with Crippen LogP contribution in [0.4, 0.5) is 0 Å². The van der Waals surface area contributed by atoms with E-state index in [-0.39, 0.29) is 6.61 Å². The van der Waals surface area contributed by atoms with Crippen LogP contribution in [0.2, 0.25) is 5.02 Å². The Morgan fingerprint density at radius 3 is 2.45 bits per heavy atom. The lowest BCUT2D eigenvalue weighted by molar-refractivity contribution is -0.139. The molecule has 1 atom stereocenters. The maximum Gasteiger partial charge on any atom is 0.314 e. The zero-order chi connectivity index (χ0) is 14.5. The third kappa shape index (κ3) is 3.52. The van der Waals surface area contributed by atoms with Crippen LogP contribution in [0.15, 0.2) is 48.5 Å². The van der Waals surface area contributed by atoms with Gasteiger partial charge >= 0.3 is 5.97 Å². The number of carboxylic acid groups (broad SMARTS) is 1. The number of hydrogen-bond donors (Lipinski definition) is 1. The van der Waals surface area contributed by atoms with Crippen LogP contribution in [0.5, 0.6) is 5.75 Å². The molecule has 0 aromatic heterocycles. The Hall–Kier alpha value is -2.00. The molecular weight excluding hydrogens is 276 g/mol. The number of aryl methyl sites for hydroxylation is 1. The van der Waals surface area contributed by atoms with Crippen molar-refractivity contribution in [3.8, 4) is 5.75 Å². The lowest BCUT2D eigenvalue weighted by Gasteiger charge is -2.16. The van der Waals surface area contributed by atoms with Crippen molar-refractivity contribution >= 4 is 17.6 Å². The molecule has 2 aromatic carbocycles. The topological polar surface area (TPSA) is 46.5 Å². The monoisotopic (exact) mass is 290 g/mol. The first-order chi connectivity index (χ1) is 9.58.